The molecule has 7 heteroatoms. The topological polar surface area (TPSA) is 94.4 Å². The summed E-state index contributed by atoms with van der Waals surface area (Å²) in [7, 11) is 5.78. The number of hydrogen-bond acceptors (Lipinski definition) is 6. The Bertz CT molecular complexity index is 1200. The highest BCUT2D eigenvalue weighted by Crippen LogP contribution is 2.34. The Hall–Kier alpha value is -3.16. The number of nitrogens with zero attached hydrogens (tertiary/aromatic N) is 3. The van der Waals surface area contributed by atoms with Crippen molar-refractivity contribution in [3.8, 4) is 5.75 Å². The summed E-state index contributed by atoms with van der Waals surface area (Å²) in [6.07, 6.45) is 6.51. The highest BCUT2D eigenvalue weighted by Gasteiger charge is 2.29. The molecule has 1 aromatic carbocycles. The lowest BCUT2D eigenvalue weighted by Gasteiger charge is -2.15. The highest BCUT2D eigenvalue weighted by atomic mass is 16.3. The van der Waals surface area contributed by atoms with E-state index in [1.54, 1.807) is 31.5 Å². The van der Waals surface area contributed by atoms with Crippen molar-refractivity contribution in [3.05, 3.63) is 57.3 Å². The molecule has 1 aliphatic carbocycles. The van der Waals surface area contributed by atoms with Crippen LogP contribution in [0.2, 0.25) is 0 Å². The van der Waals surface area contributed by atoms with Crippen LogP contribution in [0.15, 0.2) is 51.1 Å². The Morgan fingerprint density at radius 2 is 1.93 bits per heavy atom. The molecule has 2 heterocycles. The molecule has 0 saturated heterocycles. The molecule has 0 radical (unpaired) electrons. The first kappa shape index (κ1) is 20.1. The molecule has 0 unspecified atom stereocenters. The fourth-order valence-corrected chi connectivity index (χ4v) is 3.89. The van der Waals surface area contributed by atoms with Gasteiger partial charge in [-0.3, -0.25) is 14.6 Å². The van der Waals surface area contributed by atoms with Crippen LogP contribution in [-0.4, -0.2) is 62.1 Å². The Morgan fingerprint density at radius 3 is 2.67 bits per heavy atom. The van der Waals surface area contributed by atoms with E-state index >= 15 is 0 Å². The van der Waals surface area contributed by atoms with E-state index in [9.17, 15) is 14.7 Å². The van der Waals surface area contributed by atoms with Gasteiger partial charge in [-0.2, -0.15) is 0 Å². The minimum absolute atomic E-state index is 0.0313. The number of nitrogens with one attached hydrogen (secondary N) is 1. The fraction of sp³-hybridized carbons (Fsp3) is 0.304. The fourth-order valence-electron chi connectivity index (χ4n) is 3.89. The summed E-state index contributed by atoms with van der Waals surface area (Å²) in [5.74, 6) is -0.491. The number of carbonyl (C=O) groups excluding carboxylic acids is 2. The Labute approximate surface area is 174 Å². The van der Waals surface area contributed by atoms with Crippen molar-refractivity contribution in [1.29, 1.82) is 0 Å². The summed E-state index contributed by atoms with van der Waals surface area (Å²) in [5.41, 5.74) is 3.70. The zero-order chi connectivity index (χ0) is 21.4. The number of ketones is 1. The Morgan fingerprint density at radius 1 is 1.13 bits per heavy atom. The van der Waals surface area contributed by atoms with Crippen molar-refractivity contribution in [2.45, 2.75) is 12.8 Å². The molecule has 1 amide bonds. The van der Waals surface area contributed by atoms with Crippen LogP contribution in [0.3, 0.4) is 0 Å². The van der Waals surface area contributed by atoms with Crippen molar-refractivity contribution in [2.75, 3.05) is 34.2 Å². The van der Waals surface area contributed by atoms with Gasteiger partial charge in [-0.25, -0.2) is 4.99 Å². The van der Waals surface area contributed by atoms with Gasteiger partial charge in [0.05, 0.1) is 21.8 Å². The summed E-state index contributed by atoms with van der Waals surface area (Å²) in [4.78, 5) is 36.1. The van der Waals surface area contributed by atoms with E-state index in [2.05, 4.69) is 20.2 Å². The maximum Gasteiger partial charge on any atom is 0.274 e. The van der Waals surface area contributed by atoms with Gasteiger partial charge in [0, 0.05) is 23.9 Å². The van der Waals surface area contributed by atoms with Crippen LogP contribution < -0.4 is 15.9 Å². The number of hydrogen-bond donors (Lipinski definition) is 2. The molecule has 0 atom stereocenters. The van der Waals surface area contributed by atoms with Gasteiger partial charge in [-0.15, -0.1) is 0 Å². The van der Waals surface area contributed by atoms with Gasteiger partial charge in [-0.1, -0.05) is 0 Å². The molecule has 2 aliphatic heterocycles. The Balaban J connectivity index is 1.74. The molecule has 0 spiro atoms. The highest BCUT2D eigenvalue weighted by molar-refractivity contribution is 6.33. The lowest BCUT2D eigenvalue weighted by Crippen LogP contribution is -2.26. The first-order chi connectivity index (χ1) is 14.4. The minimum atomic E-state index is -0.336. The molecular weight excluding hydrogens is 380 g/mol. The molecule has 30 heavy (non-hydrogen) atoms. The number of aromatic hydroxyl groups is 1. The third-order valence-corrected chi connectivity index (χ3v) is 5.46. The zero-order valence-corrected chi connectivity index (χ0v) is 17.3. The van der Waals surface area contributed by atoms with Gasteiger partial charge in [0.25, 0.3) is 5.91 Å². The third kappa shape index (κ3) is 3.46. The first-order valence-corrected chi connectivity index (χ1v) is 9.94. The summed E-state index contributed by atoms with van der Waals surface area (Å²) in [6.45, 7) is 1.43. The SMILES string of the molecule is CNCCC1=c2c(O)cc(C3=CC=C4N=CC(CCN(C)C)=C4C3=O)cc2=NC1=O. The summed E-state index contributed by atoms with van der Waals surface area (Å²) >= 11 is 0. The van der Waals surface area contributed by atoms with Crippen molar-refractivity contribution in [3.63, 3.8) is 0 Å². The van der Waals surface area contributed by atoms with Crippen LogP contribution >= 0.6 is 0 Å². The quantitative estimate of drug-likeness (QED) is 0.690. The molecule has 154 valence electrons. The van der Waals surface area contributed by atoms with E-state index < -0.39 is 0 Å². The molecule has 2 N–H and O–H groups in total. The second-order valence-electron chi connectivity index (χ2n) is 7.81. The number of aliphatic imine (C=N–C) groups is 1. The van der Waals surface area contributed by atoms with Crippen LogP contribution in [0.1, 0.15) is 18.4 Å². The van der Waals surface area contributed by atoms with Gasteiger partial charge in [0.2, 0.25) is 0 Å². The van der Waals surface area contributed by atoms with E-state index in [-0.39, 0.29) is 17.4 Å². The van der Waals surface area contributed by atoms with Crippen LogP contribution in [0.25, 0.3) is 11.1 Å². The number of benzene rings is 1. The van der Waals surface area contributed by atoms with E-state index in [1.807, 2.05) is 20.2 Å². The number of fused-ring (bicyclic) bond motifs is 2. The number of phenols is 1. The molecule has 7 nitrogen and oxygen atoms in total. The number of carbonyl (C=O) groups is 2. The normalized spacial score (nSPS) is 17.4. The van der Waals surface area contributed by atoms with Crippen molar-refractivity contribution in [2.24, 2.45) is 9.98 Å². The lowest BCUT2D eigenvalue weighted by atomic mass is 9.88. The van der Waals surface area contributed by atoms with E-state index in [0.29, 0.717) is 51.5 Å². The summed E-state index contributed by atoms with van der Waals surface area (Å²) < 4.78 is 0. The second kappa shape index (κ2) is 7.93. The number of Topliss-reactive ketones (excluding diaryl/α,β-unsaturated/α-hetero) is 1. The average Bonchev–Trinajstić information content (AvgIpc) is 3.26. The number of phenolic OH excluding ortho intramolecular Hbond substituents is 1. The standard InChI is InChI=1S/C23H24N4O3/c1-24-8-6-16-21-18(26-23(16)30)10-14(11-19(21)28)15-4-5-17-20(22(15)29)13(12-25-17)7-9-27(2)3/h4-5,10-12,24,28H,6-9H2,1-3H3. The number of rotatable bonds is 7. The van der Waals surface area contributed by atoms with Crippen molar-refractivity contribution in [1.82, 2.24) is 10.2 Å². The van der Waals surface area contributed by atoms with E-state index in [0.717, 1.165) is 18.5 Å². The first-order valence-electron chi connectivity index (χ1n) is 9.94. The summed E-state index contributed by atoms with van der Waals surface area (Å²) in [6, 6.07) is 3.25. The molecule has 0 saturated carbocycles. The van der Waals surface area contributed by atoms with Crippen molar-refractivity contribution >= 4 is 29.1 Å². The lowest BCUT2D eigenvalue weighted by molar-refractivity contribution is -0.113. The van der Waals surface area contributed by atoms with Crippen LogP contribution in [0.5, 0.6) is 5.75 Å². The largest absolute Gasteiger partial charge is 0.507 e. The smallest absolute Gasteiger partial charge is 0.274 e. The predicted molar refractivity (Wildman–Crippen MR) is 116 cm³/mol. The molecule has 0 fully saturated rings. The Kier molecular flexibility index (Phi) is 5.32. The van der Waals surface area contributed by atoms with Gasteiger partial charge in [0.1, 0.15) is 5.75 Å². The molecule has 3 aliphatic rings. The molecule has 1 aromatic rings. The van der Waals surface area contributed by atoms with Gasteiger partial charge < -0.3 is 15.3 Å². The van der Waals surface area contributed by atoms with E-state index in [4.69, 9.17) is 0 Å². The third-order valence-electron chi connectivity index (χ3n) is 5.46. The number of amides is 1. The van der Waals surface area contributed by atoms with Crippen LogP contribution in [0.4, 0.5) is 0 Å². The van der Waals surface area contributed by atoms with Crippen LogP contribution in [0, 0.1) is 0 Å². The van der Waals surface area contributed by atoms with Crippen LogP contribution in [-0.2, 0) is 9.59 Å². The number of allylic oxidation sites excluding steroid dienone is 4. The maximum atomic E-state index is 13.3. The monoisotopic (exact) mass is 404 g/mol. The predicted octanol–water partition coefficient (Wildman–Crippen LogP) is 0.495. The molecule has 0 bridgehead atoms. The zero-order valence-electron chi connectivity index (χ0n) is 17.3. The molecule has 4 rings (SSSR count). The van der Waals surface area contributed by atoms with E-state index in [1.165, 1.54) is 0 Å². The second-order valence-corrected chi connectivity index (χ2v) is 7.81. The van der Waals surface area contributed by atoms with Gasteiger partial charge >= 0.3 is 0 Å². The maximum absolute atomic E-state index is 13.3. The van der Waals surface area contributed by atoms with Gasteiger partial charge in [-0.05, 0) is 76.0 Å². The van der Waals surface area contributed by atoms with Gasteiger partial charge in [0.15, 0.2) is 5.78 Å². The van der Waals surface area contributed by atoms with Crippen molar-refractivity contribution < 1.29 is 14.7 Å². The molecular formula is C23H24N4O3. The molecule has 0 aromatic heterocycles. The summed E-state index contributed by atoms with van der Waals surface area (Å²) in [5, 5.41) is 14.5. The minimum Gasteiger partial charge on any atom is -0.507 e. The average molecular weight is 404 g/mol.